The molecule has 0 atom stereocenters. The molecule has 2 aromatic carbocycles. The number of rotatable bonds is 5. The molecule has 0 unspecified atom stereocenters. The molecular weight excluding hydrogens is 375 g/mol. The molecular formula is C19H20Cl2N2O3. The Hall–Kier alpha value is -1.95. The topological polar surface area (TPSA) is 50.8 Å². The van der Waals surface area contributed by atoms with Gasteiger partial charge in [-0.3, -0.25) is 9.69 Å². The number of nitrogens with one attached hydrogen (secondary N) is 1. The van der Waals surface area contributed by atoms with Crippen LogP contribution in [-0.4, -0.2) is 38.1 Å². The van der Waals surface area contributed by atoms with Gasteiger partial charge in [-0.25, -0.2) is 0 Å². The van der Waals surface area contributed by atoms with Crippen molar-refractivity contribution in [1.82, 2.24) is 4.90 Å². The van der Waals surface area contributed by atoms with Gasteiger partial charge in [0.05, 0.1) is 31.5 Å². The zero-order valence-corrected chi connectivity index (χ0v) is 16.2. The maximum atomic E-state index is 12.4. The van der Waals surface area contributed by atoms with Gasteiger partial charge in [-0.2, -0.15) is 0 Å². The van der Waals surface area contributed by atoms with Crippen molar-refractivity contribution in [2.24, 2.45) is 0 Å². The molecule has 0 spiro atoms. The third kappa shape index (κ3) is 4.23. The Morgan fingerprint density at radius 3 is 2.50 bits per heavy atom. The van der Waals surface area contributed by atoms with E-state index in [2.05, 4.69) is 10.2 Å². The highest BCUT2D eigenvalue weighted by Gasteiger charge is 2.21. The van der Waals surface area contributed by atoms with Crippen LogP contribution in [0.4, 0.5) is 5.69 Å². The number of carbonyl (C=O) groups excluding carboxylic acids is 1. The Balaban J connectivity index is 1.67. The van der Waals surface area contributed by atoms with Crippen LogP contribution in [0, 0.1) is 0 Å². The number of hydrogen-bond acceptors (Lipinski definition) is 4. The van der Waals surface area contributed by atoms with Crippen LogP contribution in [0.3, 0.4) is 0 Å². The van der Waals surface area contributed by atoms with E-state index in [1.807, 2.05) is 12.1 Å². The number of anilines is 1. The van der Waals surface area contributed by atoms with Crippen LogP contribution in [0.5, 0.6) is 11.5 Å². The van der Waals surface area contributed by atoms with E-state index in [-0.39, 0.29) is 12.5 Å². The number of ether oxygens (including phenoxy) is 2. The fourth-order valence-corrected chi connectivity index (χ4v) is 3.40. The highest BCUT2D eigenvalue weighted by Crippen LogP contribution is 2.33. The van der Waals surface area contributed by atoms with Gasteiger partial charge in [0.1, 0.15) is 0 Å². The molecule has 5 nitrogen and oxygen atoms in total. The van der Waals surface area contributed by atoms with Crippen molar-refractivity contribution in [3.8, 4) is 11.5 Å². The van der Waals surface area contributed by atoms with Crippen molar-refractivity contribution in [1.29, 1.82) is 0 Å². The van der Waals surface area contributed by atoms with Gasteiger partial charge in [-0.15, -0.1) is 0 Å². The Labute approximate surface area is 162 Å². The quantitative estimate of drug-likeness (QED) is 0.832. The minimum atomic E-state index is -0.127. The first-order valence-electron chi connectivity index (χ1n) is 8.21. The third-order valence-corrected chi connectivity index (χ3v) is 4.93. The smallest absolute Gasteiger partial charge is 0.238 e. The second-order valence-corrected chi connectivity index (χ2v) is 6.95. The molecule has 0 bridgehead atoms. The van der Waals surface area contributed by atoms with E-state index in [9.17, 15) is 4.79 Å². The molecule has 0 saturated heterocycles. The summed E-state index contributed by atoms with van der Waals surface area (Å²) in [5, 5.41) is 3.81. The van der Waals surface area contributed by atoms with E-state index < -0.39 is 0 Å². The summed E-state index contributed by atoms with van der Waals surface area (Å²) < 4.78 is 10.7. The molecule has 1 aliphatic rings. The van der Waals surface area contributed by atoms with Gasteiger partial charge >= 0.3 is 0 Å². The molecule has 1 aliphatic heterocycles. The van der Waals surface area contributed by atoms with E-state index in [0.29, 0.717) is 28.0 Å². The molecule has 1 N–H and O–H groups in total. The zero-order valence-electron chi connectivity index (χ0n) is 14.6. The van der Waals surface area contributed by atoms with Crippen LogP contribution in [0.15, 0.2) is 30.3 Å². The number of amides is 1. The standard InChI is InChI=1S/C19H20Cl2N2O3/c1-25-17-7-12-5-6-23(10-13(12)8-18(17)26-2)11-19(24)22-16-9-14(20)3-4-15(16)21/h3-4,7-9H,5-6,10-11H2,1-2H3,(H,22,24). The Kier molecular flexibility index (Phi) is 5.91. The lowest BCUT2D eigenvalue weighted by molar-refractivity contribution is -0.117. The van der Waals surface area contributed by atoms with Crippen LogP contribution in [0.25, 0.3) is 0 Å². The second-order valence-electron chi connectivity index (χ2n) is 6.11. The van der Waals surface area contributed by atoms with Gasteiger partial charge in [0.15, 0.2) is 11.5 Å². The van der Waals surface area contributed by atoms with Gasteiger partial charge in [-0.05, 0) is 47.9 Å². The van der Waals surface area contributed by atoms with Crippen molar-refractivity contribution >= 4 is 34.8 Å². The van der Waals surface area contributed by atoms with Crippen molar-refractivity contribution in [2.45, 2.75) is 13.0 Å². The lowest BCUT2D eigenvalue weighted by atomic mass is 9.99. The van der Waals surface area contributed by atoms with Gasteiger partial charge in [-0.1, -0.05) is 23.2 Å². The monoisotopic (exact) mass is 394 g/mol. The Morgan fingerprint density at radius 2 is 1.81 bits per heavy atom. The molecule has 0 saturated carbocycles. The molecule has 138 valence electrons. The van der Waals surface area contributed by atoms with Crippen molar-refractivity contribution in [2.75, 3.05) is 32.6 Å². The molecule has 0 aromatic heterocycles. The van der Waals surface area contributed by atoms with E-state index in [1.54, 1.807) is 32.4 Å². The largest absolute Gasteiger partial charge is 0.493 e. The van der Waals surface area contributed by atoms with Crippen LogP contribution in [0.2, 0.25) is 10.0 Å². The molecule has 7 heteroatoms. The van der Waals surface area contributed by atoms with Gasteiger partial charge < -0.3 is 14.8 Å². The Bertz CT molecular complexity index is 827. The predicted molar refractivity (Wildman–Crippen MR) is 104 cm³/mol. The maximum absolute atomic E-state index is 12.4. The molecule has 0 fully saturated rings. The van der Waals surface area contributed by atoms with Crippen molar-refractivity contribution in [3.05, 3.63) is 51.5 Å². The average Bonchev–Trinajstić information content (AvgIpc) is 2.63. The van der Waals surface area contributed by atoms with Gasteiger partial charge in [0, 0.05) is 18.1 Å². The summed E-state index contributed by atoms with van der Waals surface area (Å²) >= 11 is 12.1. The van der Waals surface area contributed by atoms with E-state index in [1.165, 1.54) is 5.56 Å². The Morgan fingerprint density at radius 1 is 1.12 bits per heavy atom. The highest BCUT2D eigenvalue weighted by atomic mass is 35.5. The first-order chi connectivity index (χ1) is 12.5. The third-order valence-electron chi connectivity index (χ3n) is 4.37. The number of nitrogens with zero attached hydrogens (tertiary/aromatic N) is 1. The van der Waals surface area contributed by atoms with Crippen molar-refractivity contribution < 1.29 is 14.3 Å². The van der Waals surface area contributed by atoms with E-state index >= 15 is 0 Å². The molecule has 0 radical (unpaired) electrons. The second kappa shape index (κ2) is 8.16. The van der Waals surface area contributed by atoms with Crippen LogP contribution >= 0.6 is 23.2 Å². The number of methoxy groups -OCH3 is 2. The van der Waals surface area contributed by atoms with Crippen LogP contribution < -0.4 is 14.8 Å². The molecule has 0 aliphatic carbocycles. The maximum Gasteiger partial charge on any atom is 0.238 e. The molecule has 26 heavy (non-hydrogen) atoms. The minimum absolute atomic E-state index is 0.127. The number of fused-ring (bicyclic) bond motifs is 1. The summed E-state index contributed by atoms with van der Waals surface area (Å²) in [4.78, 5) is 14.5. The van der Waals surface area contributed by atoms with E-state index in [4.69, 9.17) is 32.7 Å². The lowest BCUT2D eigenvalue weighted by Gasteiger charge is -2.29. The fourth-order valence-electron chi connectivity index (χ4n) is 3.06. The summed E-state index contributed by atoms with van der Waals surface area (Å²) in [7, 11) is 3.25. The molecule has 1 amide bonds. The number of hydrogen-bond donors (Lipinski definition) is 1. The number of benzene rings is 2. The van der Waals surface area contributed by atoms with Crippen molar-refractivity contribution in [3.63, 3.8) is 0 Å². The molecule has 3 rings (SSSR count). The SMILES string of the molecule is COc1cc2c(cc1OC)CN(CC(=O)Nc1cc(Cl)ccc1Cl)CC2. The summed E-state index contributed by atoms with van der Waals surface area (Å²) in [6.07, 6.45) is 0.848. The fraction of sp³-hybridized carbons (Fsp3) is 0.316. The molecule has 2 aromatic rings. The normalized spacial score (nSPS) is 13.8. The first kappa shape index (κ1) is 18.8. The summed E-state index contributed by atoms with van der Waals surface area (Å²) in [5.41, 5.74) is 2.88. The number of halogens is 2. The lowest BCUT2D eigenvalue weighted by Crippen LogP contribution is -2.37. The summed E-state index contributed by atoms with van der Waals surface area (Å²) in [5.74, 6) is 1.30. The van der Waals surface area contributed by atoms with Crippen LogP contribution in [0.1, 0.15) is 11.1 Å². The minimum Gasteiger partial charge on any atom is -0.493 e. The summed E-state index contributed by atoms with van der Waals surface area (Å²) in [6.45, 7) is 1.74. The number of carbonyl (C=O) groups is 1. The first-order valence-corrected chi connectivity index (χ1v) is 8.96. The van der Waals surface area contributed by atoms with Gasteiger partial charge in [0.2, 0.25) is 5.91 Å². The van der Waals surface area contributed by atoms with E-state index in [0.717, 1.165) is 24.3 Å². The predicted octanol–water partition coefficient (Wildman–Crippen LogP) is 4.01. The average molecular weight is 395 g/mol. The highest BCUT2D eigenvalue weighted by molar-refractivity contribution is 6.35. The zero-order chi connectivity index (χ0) is 18.7. The summed E-state index contributed by atoms with van der Waals surface area (Å²) in [6, 6.07) is 8.98. The molecule has 1 heterocycles. The van der Waals surface area contributed by atoms with Crippen LogP contribution in [-0.2, 0) is 17.8 Å². The van der Waals surface area contributed by atoms with Gasteiger partial charge in [0.25, 0.3) is 0 Å².